The topological polar surface area (TPSA) is 76.1 Å². The van der Waals surface area contributed by atoms with Crippen molar-refractivity contribution in [2.24, 2.45) is 0 Å². The van der Waals surface area contributed by atoms with E-state index in [1.165, 1.54) is 4.90 Å². The number of rotatable bonds is 2. The monoisotopic (exact) mass is 317 g/mol. The number of piperidine rings is 1. The summed E-state index contributed by atoms with van der Waals surface area (Å²) in [7, 11) is 1.60. The number of hydrogen-bond acceptors (Lipinski definition) is 5. The minimum atomic E-state index is -0.878. The number of ether oxygens (including phenoxy) is 2. The van der Waals surface area contributed by atoms with Crippen LogP contribution in [0.25, 0.3) is 0 Å². The first-order chi connectivity index (χ1) is 10.9. The van der Waals surface area contributed by atoms with Crippen molar-refractivity contribution in [1.29, 1.82) is 0 Å². The van der Waals surface area contributed by atoms with Crippen LogP contribution in [0.3, 0.4) is 0 Å². The number of fused-ring (bicyclic) bond motifs is 4. The number of aliphatic hydroxyl groups is 1. The van der Waals surface area contributed by atoms with Gasteiger partial charge in [0.25, 0.3) is 5.91 Å². The Kier molecular flexibility index (Phi) is 3.55. The fraction of sp³-hybridized carbons (Fsp3) is 0.412. The van der Waals surface area contributed by atoms with Crippen LogP contribution in [-0.2, 0) is 14.3 Å². The van der Waals surface area contributed by atoms with Crippen molar-refractivity contribution >= 4 is 11.9 Å². The molecule has 2 heterocycles. The predicted octanol–water partition coefficient (Wildman–Crippen LogP) is 2.12. The van der Waals surface area contributed by atoms with Gasteiger partial charge in [-0.2, -0.15) is 0 Å². The number of amides is 1. The van der Waals surface area contributed by atoms with Gasteiger partial charge in [0.1, 0.15) is 5.75 Å². The highest BCUT2D eigenvalue weighted by Crippen LogP contribution is 2.49. The molecule has 1 amide bonds. The number of hydrogen-bond donors (Lipinski definition) is 1. The minimum absolute atomic E-state index is 0.0687. The Labute approximate surface area is 134 Å². The Morgan fingerprint density at radius 2 is 2.17 bits per heavy atom. The fourth-order valence-corrected chi connectivity index (χ4v) is 3.21. The second-order valence-corrected chi connectivity index (χ2v) is 5.92. The molecule has 3 rings (SSSR count). The Morgan fingerprint density at radius 3 is 2.87 bits per heavy atom. The number of para-hydroxylation sites is 1. The lowest BCUT2D eigenvalue weighted by atomic mass is 9.77. The molecule has 2 aliphatic rings. The van der Waals surface area contributed by atoms with Gasteiger partial charge in [0.2, 0.25) is 5.76 Å². The molecule has 1 fully saturated rings. The molecular weight excluding hydrogens is 298 g/mol. The van der Waals surface area contributed by atoms with Crippen molar-refractivity contribution in [3.8, 4) is 5.75 Å². The summed E-state index contributed by atoms with van der Waals surface area (Å²) in [6, 6.07) is 7.35. The molecule has 2 bridgehead atoms. The van der Waals surface area contributed by atoms with Gasteiger partial charge in [-0.25, -0.2) is 4.79 Å². The number of likely N-dealkylation sites (tertiary alicyclic amines) is 1. The van der Waals surface area contributed by atoms with Gasteiger partial charge in [0.15, 0.2) is 5.72 Å². The highest BCUT2D eigenvalue weighted by atomic mass is 16.5. The third-order valence-corrected chi connectivity index (χ3v) is 4.52. The van der Waals surface area contributed by atoms with Crippen LogP contribution in [0.15, 0.2) is 35.6 Å². The Balaban J connectivity index is 2.17. The summed E-state index contributed by atoms with van der Waals surface area (Å²) >= 11 is 0. The van der Waals surface area contributed by atoms with Crippen LogP contribution < -0.4 is 4.74 Å². The molecule has 6 heteroatoms. The van der Waals surface area contributed by atoms with Gasteiger partial charge < -0.3 is 19.5 Å². The number of carbonyl (C=O) groups is 2. The second-order valence-electron chi connectivity index (χ2n) is 5.92. The molecule has 1 saturated heterocycles. The van der Waals surface area contributed by atoms with E-state index in [2.05, 4.69) is 0 Å². The summed E-state index contributed by atoms with van der Waals surface area (Å²) in [6.07, 6.45) is 0.463. The van der Waals surface area contributed by atoms with Gasteiger partial charge >= 0.3 is 5.97 Å². The third kappa shape index (κ3) is 2.25. The van der Waals surface area contributed by atoms with E-state index in [0.29, 0.717) is 12.2 Å². The van der Waals surface area contributed by atoms with Gasteiger partial charge in [-0.3, -0.25) is 4.79 Å². The minimum Gasteiger partial charge on any atom is -0.501 e. The van der Waals surface area contributed by atoms with Crippen molar-refractivity contribution in [2.75, 3.05) is 13.7 Å². The summed E-state index contributed by atoms with van der Waals surface area (Å²) in [6.45, 7) is 3.60. The maximum Gasteiger partial charge on any atom is 0.373 e. The van der Waals surface area contributed by atoms with Crippen LogP contribution in [0.2, 0.25) is 0 Å². The number of nitrogens with zero attached hydrogens (tertiary/aromatic N) is 1. The first-order valence-corrected chi connectivity index (χ1v) is 7.55. The molecular formula is C17H19NO5. The molecule has 2 atom stereocenters. The molecule has 0 radical (unpaired) electrons. The number of esters is 1. The molecule has 2 aliphatic heterocycles. The number of carbonyl (C=O) groups excluding carboxylic acids is 2. The first kappa shape index (κ1) is 15.4. The summed E-state index contributed by atoms with van der Waals surface area (Å²) in [5, 5.41) is 10.3. The van der Waals surface area contributed by atoms with E-state index >= 15 is 0 Å². The highest BCUT2D eigenvalue weighted by molar-refractivity contribution is 6.03. The second kappa shape index (κ2) is 5.30. The van der Waals surface area contributed by atoms with E-state index in [4.69, 9.17) is 9.47 Å². The van der Waals surface area contributed by atoms with Crippen molar-refractivity contribution < 1.29 is 24.2 Å². The molecule has 0 spiro atoms. The standard InChI is InChI=1S/C17H19NO5/c1-4-22-16(21)14(19)13-11-9-17(2,18(3)15(13)20)23-12-8-6-5-7-10(11)12/h5-8,11,19H,4,9H2,1-3H3. The SMILES string of the molecule is CCOC(=O)C(O)=C1C(=O)N(C)C2(C)CC1c1ccccc1O2. The van der Waals surface area contributed by atoms with Crippen molar-refractivity contribution in [1.82, 2.24) is 4.90 Å². The zero-order valence-corrected chi connectivity index (χ0v) is 13.3. The number of aliphatic hydroxyl groups excluding tert-OH is 1. The van der Waals surface area contributed by atoms with Crippen molar-refractivity contribution in [3.63, 3.8) is 0 Å². The summed E-state index contributed by atoms with van der Waals surface area (Å²) in [5.74, 6) is -1.68. The van der Waals surface area contributed by atoms with Crippen LogP contribution in [-0.4, -0.2) is 41.3 Å². The Morgan fingerprint density at radius 1 is 1.48 bits per heavy atom. The molecule has 6 nitrogen and oxygen atoms in total. The average molecular weight is 317 g/mol. The molecule has 1 aromatic rings. The predicted molar refractivity (Wildman–Crippen MR) is 81.9 cm³/mol. The lowest BCUT2D eigenvalue weighted by Gasteiger charge is -2.49. The molecule has 1 N–H and O–H groups in total. The third-order valence-electron chi connectivity index (χ3n) is 4.52. The summed E-state index contributed by atoms with van der Waals surface area (Å²) in [4.78, 5) is 26.1. The molecule has 122 valence electrons. The molecule has 0 aromatic heterocycles. The highest BCUT2D eigenvalue weighted by Gasteiger charge is 2.51. The summed E-state index contributed by atoms with van der Waals surface area (Å²) in [5.41, 5.74) is 0.0469. The van der Waals surface area contributed by atoms with E-state index < -0.39 is 29.3 Å². The van der Waals surface area contributed by atoms with Crippen LogP contribution in [0.1, 0.15) is 31.7 Å². The molecule has 0 saturated carbocycles. The smallest absolute Gasteiger partial charge is 0.373 e. The molecule has 2 unspecified atom stereocenters. The largest absolute Gasteiger partial charge is 0.501 e. The first-order valence-electron chi connectivity index (χ1n) is 7.55. The molecule has 0 aliphatic carbocycles. The Hall–Kier alpha value is -2.50. The van der Waals surface area contributed by atoms with Crippen molar-refractivity contribution in [2.45, 2.75) is 31.9 Å². The van der Waals surface area contributed by atoms with E-state index in [1.54, 1.807) is 14.0 Å². The van der Waals surface area contributed by atoms with Gasteiger partial charge in [-0.15, -0.1) is 0 Å². The van der Waals surface area contributed by atoms with Gasteiger partial charge in [-0.05, 0) is 19.9 Å². The Bertz CT molecular complexity index is 711. The number of benzene rings is 1. The zero-order chi connectivity index (χ0) is 16.8. The lowest BCUT2D eigenvalue weighted by Crippen LogP contribution is -2.59. The average Bonchev–Trinajstić information content (AvgIpc) is 2.53. The zero-order valence-electron chi connectivity index (χ0n) is 13.3. The normalized spacial score (nSPS) is 27.9. The quantitative estimate of drug-likeness (QED) is 0.514. The van der Waals surface area contributed by atoms with E-state index in [1.807, 2.05) is 31.2 Å². The fourth-order valence-electron chi connectivity index (χ4n) is 3.21. The maximum absolute atomic E-state index is 12.7. The van der Waals surface area contributed by atoms with E-state index in [-0.39, 0.29) is 12.2 Å². The van der Waals surface area contributed by atoms with Gasteiger partial charge in [-0.1, -0.05) is 18.2 Å². The van der Waals surface area contributed by atoms with Crippen LogP contribution in [0.5, 0.6) is 5.75 Å². The molecule has 23 heavy (non-hydrogen) atoms. The lowest BCUT2D eigenvalue weighted by molar-refractivity contribution is -0.155. The maximum atomic E-state index is 12.7. The van der Waals surface area contributed by atoms with Crippen LogP contribution in [0, 0.1) is 0 Å². The number of likely N-dealkylation sites (N-methyl/N-ethyl adjacent to an activating group) is 1. The molecule has 1 aromatic carbocycles. The van der Waals surface area contributed by atoms with Crippen LogP contribution >= 0.6 is 0 Å². The van der Waals surface area contributed by atoms with E-state index in [0.717, 1.165) is 5.56 Å². The van der Waals surface area contributed by atoms with Gasteiger partial charge in [0.05, 0.1) is 12.2 Å². The summed E-state index contributed by atoms with van der Waals surface area (Å²) < 4.78 is 10.8. The van der Waals surface area contributed by atoms with Crippen molar-refractivity contribution in [3.05, 3.63) is 41.2 Å². The van der Waals surface area contributed by atoms with E-state index in [9.17, 15) is 14.7 Å². The van der Waals surface area contributed by atoms with Gasteiger partial charge in [0, 0.05) is 24.9 Å². The van der Waals surface area contributed by atoms with Crippen LogP contribution in [0.4, 0.5) is 0 Å².